The van der Waals surface area contributed by atoms with Crippen molar-refractivity contribution in [2.24, 2.45) is 5.41 Å². The van der Waals surface area contributed by atoms with Gasteiger partial charge in [0.15, 0.2) is 0 Å². The maximum absolute atomic E-state index is 13.5. The van der Waals surface area contributed by atoms with Gasteiger partial charge in [-0.1, -0.05) is 34.6 Å². The summed E-state index contributed by atoms with van der Waals surface area (Å²) in [5.41, 5.74) is 2.20. The van der Waals surface area contributed by atoms with Gasteiger partial charge in [-0.3, -0.25) is 0 Å². The molecule has 0 saturated heterocycles. The van der Waals surface area contributed by atoms with Gasteiger partial charge >= 0.3 is 0 Å². The van der Waals surface area contributed by atoms with Crippen molar-refractivity contribution in [3.05, 3.63) is 29.6 Å². The third kappa shape index (κ3) is 4.81. The summed E-state index contributed by atoms with van der Waals surface area (Å²) >= 11 is 0. The van der Waals surface area contributed by atoms with Crippen molar-refractivity contribution in [2.45, 2.75) is 66.8 Å². The first-order chi connectivity index (χ1) is 9.28. The number of halogens is 1. The van der Waals surface area contributed by atoms with E-state index in [9.17, 15) is 4.39 Å². The minimum atomic E-state index is -0.117. The molecule has 0 saturated carbocycles. The zero-order valence-electron chi connectivity index (χ0n) is 14.0. The van der Waals surface area contributed by atoms with Crippen LogP contribution in [-0.4, -0.2) is 12.6 Å². The number of rotatable bonds is 6. The van der Waals surface area contributed by atoms with E-state index in [1.807, 2.05) is 19.1 Å². The number of benzene rings is 1. The number of nitrogens with zero attached hydrogens (tertiary/aromatic N) is 1. The van der Waals surface area contributed by atoms with Gasteiger partial charge in [-0.05, 0) is 55.4 Å². The van der Waals surface area contributed by atoms with Gasteiger partial charge in [0, 0.05) is 18.3 Å². The molecule has 0 unspecified atom stereocenters. The summed E-state index contributed by atoms with van der Waals surface area (Å²) in [4.78, 5) is 2.46. The van der Waals surface area contributed by atoms with E-state index in [0.29, 0.717) is 11.5 Å². The van der Waals surface area contributed by atoms with Crippen LogP contribution in [0.5, 0.6) is 0 Å². The molecular weight excluding hydrogens is 249 g/mol. The highest BCUT2D eigenvalue weighted by Crippen LogP contribution is 2.26. The minimum Gasteiger partial charge on any atom is -0.369 e. The Kier molecular flexibility index (Phi) is 6.04. The number of hydrogen-bond acceptors (Lipinski definition) is 1. The molecule has 0 amide bonds. The van der Waals surface area contributed by atoms with E-state index >= 15 is 0 Å². The van der Waals surface area contributed by atoms with E-state index in [1.165, 1.54) is 0 Å². The van der Waals surface area contributed by atoms with Crippen LogP contribution in [0.1, 0.15) is 59.4 Å². The van der Waals surface area contributed by atoms with Gasteiger partial charge in [0.25, 0.3) is 0 Å². The Bertz CT molecular complexity index is 416. The Balaban J connectivity index is 2.99. The van der Waals surface area contributed by atoms with Crippen LogP contribution in [0.15, 0.2) is 18.2 Å². The molecule has 0 aliphatic heterocycles. The second-order valence-electron chi connectivity index (χ2n) is 6.91. The smallest absolute Gasteiger partial charge is 0.126 e. The lowest BCUT2D eigenvalue weighted by Crippen LogP contribution is -2.36. The van der Waals surface area contributed by atoms with Crippen LogP contribution in [-0.2, 0) is 0 Å². The summed E-state index contributed by atoms with van der Waals surface area (Å²) in [6.45, 7) is 14.1. The molecule has 0 heterocycles. The molecule has 0 N–H and O–H groups in total. The molecule has 1 aromatic carbocycles. The van der Waals surface area contributed by atoms with Gasteiger partial charge in [-0.15, -0.1) is 0 Å². The quantitative estimate of drug-likeness (QED) is 0.658. The van der Waals surface area contributed by atoms with Gasteiger partial charge in [-0.25, -0.2) is 4.39 Å². The monoisotopic (exact) mass is 279 g/mol. The van der Waals surface area contributed by atoms with Crippen molar-refractivity contribution in [3.63, 3.8) is 0 Å². The highest BCUT2D eigenvalue weighted by atomic mass is 19.1. The molecule has 2 heteroatoms. The van der Waals surface area contributed by atoms with Gasteiger partial charge < -0.3 is 4.90 Å². The van der Waals surface area contributed by atoms with Gasteiger partial charge in [0.2, 0.25) is 0 Å². The van der Waals surface area contributed by atoms with Crippen LogP contribution < -0.4 is 4.90 Å². The third-order valence-electron chi connectivity index (χ3n) is 3.96. The summed E-state index contributed by atoms with van der Waals surface area (Å²) in [7, 11) is 0. The average molecular weight is 279 g/mol. The van der Waals surface area contributed by atoms with E-state index < -0.39 is 0 Å². The largest absolute Gasteiger partial charge is 0.369 e. The average Bonchev–Trinajstić information content (AvgIpc) is 2.37. The van der Waals surface area contributed by atoms with Crippen LogP contribution in [0.4, 0.5) is 10.1 Å². The summed E-state index contributed by atoms with van der Waals surface area (Å²) in [6, 6.07) is 6.03. The molecule has 0 aliphatic rings. The van der Waals surface area contributed by atoms with Crippen molar-refractivity contribution in [1.82, 2.24) is 0 Å². The highest BCUT2D eigenvalue weighted by Gasteiger charge is 2.19. The topological polar surface area (TPSA) is 3.24 Å². The Morgan fingerprint density at radius 2 is 1.75 bits per heavy atom. The lowest BCUT2D eigenvalue weighted by molar-refractivity contribution is 0.369. The van der Waals surface area contributed by atoms with Crippen molar-refractivity contribution >= 4 is 5.69 Å². The Morgan fingerprint density at radius 3 is 2.20 bits per heavy atom. The van der Waals surface area contributed by atoms with E-state index in [-0.39, 0.29) is 5.82 Å². The molecule has 0 radical (unpaired) electrons. The molecule has 1 aromatic rings. The summed E-state index contributed by atoms with van der Waals surface area (Å²) in [6.07, 6.45) is 3.38. The maximum Gasteiger partial charge on any atom is 0.126 e. The standard InChI is InChI=1S/C18H30FN/c1-7-15(8-2)20(12-11-18(4,5)6)16-9-10-17(19)14(3)13-16/h9-10,13,15H,7-8,11-12H2,1-6H3. The first-order valence-electron chi connectivity index (χ1n) is 7.81. The Hall–Kier alpha value is -1.05. The molecular formula is C18H30FN. The normalized spacial score (nSPS) is 12.0. The van der Waals surface area contributed by atoms with E-state index in [1.54, 1.807) is 6.07 Å². The van der Waals surface area contributed by atoms with Crippen molar-refractivity contribution in [1.29, 1.82) is 0 Å². The van der Waals surface area contributed by atoms with Gasteiger partial charge in [-0.2, -0.15) is 0 Å². The van der Waals surface area contributed by atoms with Crippen LogP contribution in [0, 0.1) is 18.2 Å². The molecule has 0 atom stereocenters. The lowest BCUT2D eigenvalue weighted by Gasteiger charge is -2.35. The second kappa shape index (κ2) is 7.10. The van der Waals surface area contributed by atoms with Crippen LogP contribution >= 0.6 is 0 Å². The second-order valence-corrected chi connectivity index (χ2v) is 6.91. The number of aryl methyl sites for hydroxylation is 1. The Labute approximate surface area is 124 Å². The summed E-state index contributed by atoms with van der Waals surface area (Å²) < 4.78 is 13.5. The maximum atomic E-state index is 13.5. The molecule has 20 heavy (non-hydrogen) atoms. The third-order valence-corrected chi connectivity index (χ3v) is 3.96. The zero-order valence-corrected chi connectivity index (χ0v) is 14.0. The van der Waals surface area contributed by atoms with Crippen molar-refractivity contribution in [2.75, 3.05) is 11.4 Å². The molecule has 0 bridgehead atoms. The fraction of sp³-hybridized carbons (Fsp3) is 0.667. The van der Waals surface area contributed by atoms with Crippen LogP contribution in [0.2, 0.25) is 0 Å². The van der Waals surface area contributed by atoms with Crippen molar-refractivity contribution in [3.8, 4) is 0 Å². The van der Waals surface area contributed by atoms with E-state index in [0.717, 1.165) is 37.1 Å². The summed E-state index contributed by atoms with van der Waals surface area (Å²) in [5, 5.41) is 0. The van der Waals surface area contributed by atoms with Crippen LogP contribution in [0.25, 0.3) is 0 Å². The fourth-order valence-electron chi connectivity index (χ4n) is 2.52. The lowest BCUT2D eigenvalue weighted by atomic mass is 9.91. The number of hydrogen-bond donors (Lipinski definition) is 0. The predicted octanol–water partition coefficient (Wildman–Crippen LogP) is 5.57. The predicted molar refractivity (Wildman–Crippen MR) is 86.9 cm³/mol. The van der Waals surface area contributed by atoms with Gasteiger partial charge in [0.05, 0.1) is 0 Å². The van der Waals surface area contributed by atoms with E-state index in [4.69, 9.17) is 0 Å². The van der Waals surface area contributed by atoms with Crippen LogP contribution in [0.3, 0.4) is 0 Å². The molecule has 0 fully saturated rings. The molecule has 0 aliphatic carbocycles. The first-order valence-corrected chi connectivity index (χ1v) is 7.81. The fourth-order valence-corrected chi connectivity index (χ4v) is 2.52. The zero-order chi connectivity index (χ0) is 15.3. The van der Waals surface area contributed by atoms with Crippen molar-refractivity contribution < 1.29 is 4.39 Å². The molecule has 114 valence electrons. The highest BCUT2D eigenvalue weighted by molar-refractivity contribution is 5.49. The Morgan fingerprint density at radius 1 is 1.15 bits per heavy atom. The molecule has 0 spiro atoms. The summed E-state index contributed by atoms with van der Waals surface area (Å²) in [5.74, 6) is -0.117. The minimum absolute atomic E-state index is 0.117. The number of anilines is 1. The molecule has 0 aromatic heterocycles. The SMILES string of the molecule is CCC(CC)N(CCC(C)(C)C)c1ccc(F)c(C)c1. The van der Waals surface area contributed by atoms with Gasteiger partial charge in [0.1, 0.15) is 5.82 Å². The van der Waals surface area contributed by atoms with E-state index in [2.05, 4.69) is 39.5 Å². The first kappa shape index (κ1) is 17.0. The molecule has 1 rings (SSSR count). The molecule has 1 nitrogen and oxygen atoms in total.